The van der Waals surface area contributed by atoms with Crippen molar-refractivity contribution in [1.29, 1.82) is 0 Å². The lowest BCUT2D eigenvalue weighted by atomic mass is 10.4. The molecule has 0 aromatic carbocycles. The molecule has 0 spiro atoms. The second kappa shape index (κ2) is 2.22. The summed E-state index contributed by atoms with van der Waals surface area (Å²) in [5.74, 6) is 0. The molecule has 62 valence electrons. The summed E-state index contributed by atoms with van der Waals surface area (Å²) >= 11 is 0. The van der Waals surface area contributed by atoms with Crippen molar-refractivity contribution >= 4 is 0 Å². The van der Waals surface area contributed by atoms with Gasteiger partial charge in [0.05, 0.1) is 11.4 Å². The highest BCUT2D eigenvalue weighted by molar-refractivity contribution is 5.07. The van der Waals surface area contributed by atoms with Crippen molar-refractivity contribution in [1.82, 2.24) is 9.46 Å². The van der Waals surface area contributed by atoms with Gasteiger partial charge in [-0.2, -0.15) is 0 Å². The fourth-order valence-corrected chi connectivity index (χ4v) is 0.781. The zero-order chi connectivity index (χ0) is 8.59. The molecule has 0 radical (unpaired) electrons. The maximum Gasteiger partial charge on any atom is 0.312 e. The van der Waals surface area contributed by atoms with E-state index in [0.717, 1.165) is 0 Å². The third-order valence-electron chi connectivity index (χ3n) is 1.63. The van der Waals surface area contributed by atoms with Gasteiger partial charge in [-0.3, -0.25) is 0 Å². The van der Waals surface area contributed by atoms with Crippen LogP contribution in [0.2, 0.25) is 0 Å². The standard InChI is InChI=1S/C5H9N3O3/c1-3-4(2)8(11)5(6-9)7(3)10/h9-11H,1-2H3. The Morgan fingerprint density at radius 3 is 1.64 bits per heavy atom. The molecule has 0 fully saturated rings. The number of hydrogen-bond acceptors (Lipinski definition) is 4. The van der Waals surface area contributed by atoms with Crippen LogP contribution in [0.25, 0.3) is 0 Å². The van der Waals surface area contributed by atoms with Crippen molar-refractivity contribution in [3.05, 3.63) is 17.0 Å². The third-order valence-corrected chi connectivity index (χ3v) is 1.63. The summed E-state index contributed by atoms with van der Waals surface area (Å²) in [6, 6.07) is 0. The minimum absolute atomic E-state index is 0.319. The summed E-state index contributed by atoms with van der Waals surface area (Å²) < 4.78 is 1.19. The number of rotatable bonds is 0. The van der Waals surface area contributed by atoms with Gasteiger partial charge in [-0.05, 0) is 19.0 Å². The average Bonchev–Trinajstić information content (AvgIpc) is 2.17. The molecule has 0 amide bonds. The van der Waals surface area contributed by atoms with Gasteiger partial charge in [0.25, 0.3) is 0 Å². The molecule has 6 nitrogen and oxygen atoms in total. The summed E-state index contributed by atoms with van der Waals surface area (Å²) in [6.45, 7) is 3.16. The first-order valence-corrected chi connectivity index (χ1v) is 2.97. The van der Waals surface area contributed by atoms with E-state index in [0.29, 0.717) is 20.8 Å². The Labute approximate surface area is 62.2 Å². The van der Waals surface area contributed by atoms with Gasteiger partial charge < -0.3 is 15.6 Å². The Bertz CT molecular complexity index is 307. The first kappa shape index (κ1) is 7.52. The SMILES string of the molecule is Cc1c(C)n(O)c(=NO)n1O. The van der Waals surface area contributed by atoms with Crippen LogP contribution >= 0.6 is 0 Å². The second-order valence-corrected chi connectivity index (χ2v) is 2.19. The first-order valence-electron chi connectivity index (χ1n) is 2.97. The van der Waals surface area contributed by atoms with E-state index in [9.17, 15) is 0 Å². The lowest BCUT2D eigenvalue weighted by Crippen LogP contribution is -2.23. The smallest absolute Gasteiger partial charge is 0.312 e. The summed E-state index contributed by atoms with van der Waals surface area (Å²) in [5, 5.41) is 29.1. The largest absolute Gasteiger partial charge is 0.425 e. The van der Waals surface area contributed by atoms with Crippen LogP contribution in [0, 0.1) is 13.8 Å². The molecule has 3 N–H and O–H groups in total. The van der Waals surface area contributed by atoms with Crippen LogP contribution < -0.4 is 5.62 Å². The van der Waals surface area contributed by atoms with E-state index < -0.39 is 0 Å². The molecular formula is C5H9N3O3. The highest BCUT2D eigenvalue weighted by Crippen LogP contribution is 1.99. The highest BCUT2D eigenvalue weighted by atomic mass is 16.5. The van der Waals surface area contributed by atoms with Crippen molar-refractivity contribution in [2.24, 2.45) is 5.16 Å². The van der Waals surface area contributed by atoms with Crippen LogP contribution in [0.3, 0.4) is 0 Å². The zero-order valence-corrected chi connectivity index (χ0v) is 6.18. The van der Waals surface area contributed by atoms with Crippen LogP contribution in [0.1, 0.15) is 11.4 Å². The molecule has 0 unspecified atom stereocenters. The summed E-state index contributed by atoms with van der Waals surface area (Å²) in [4.78, 5) is 0. The summed E-state index contributed by atoms with van der Waals surface area (Å²) in [5.41, 5.74) is 0.514. The summed E-state index contributed by atoms with van der Waals surface area (Å²) in [6.07, 6.45) is 0. The van der Waals surface area contributed by atoms with Crippen molar-refractivity contribution in [3.63, 3.8) is 0 Å². The Balaban J connectivity index is 3.63. The van der Waals surface area contributed by atoms with E-state index >= 15 is 0 Å². The van der Waals surface area contributed by atoms with Crippen molar-refractivity contribution < 1.29 is 15.6 Å². The molecule has 0 aliphatic heterocycles. The van der Waals surface area contributed by atoms with E-state index in [-0.39, 0.29) is 5.62 Å². The van der Waals surface area contributed by atoms with Crippen LogP contribution in [0.15, 0.2) is 5.16 Å². The van der Waals surface area contributed by atoms with Gasteiger partial charge in [0.1, 0.15) is 0 Å². The Kier molecular flexibility index (Phi) is 1.52. The maximum atomic E-state index is 9.08. The molecule has 1 heterocycles. The van der Waals surface area contributed by atoms with Gasteiger partial charge in [-0.15, -0.1) is 9.46 Å². The number of nitrogens with zero attached hydrogens (tertiary/aromatic N) is 3. The molecule has 1 aromatic rings. The molecule has 0 saturated carbocycles. The molecule has 0 aliphatic carbocycles. The summed E-state index contributed by atoms with van der Waals surface area (Å²) in [7, 11) is 0. The van der Waals surface area contributed by atoms with Crippen LogP contribution in [-0.4, -0.2) is 25.1 Å². The molecule has 0 aliphatic rings. The van der Waals surface area contributed by atoms with E-state index in [1.807, 2.05) is 0 Å². The van der Waals surface area contributed by atoms with Crippen molar-refractivity contribution in [2.45, 2.75) is 13.8 Å². The molecule has 11 heavy (non-hydrogen) atoms. The molecule has 0 saturated heterocycles. The van der Waals surface area contributed by atoms with E-state index in [1.54, 1.807) is 13.8 Å². The fraction of sp³-hybridized carbons (Fsp3) is 0.400. The first-order chi connectivity index (χ1) is 5.09. The van der Waals surface area contributed by atoms with Crippen molar-refractivity contribution in [3.8, 4) is 0 Å². The topological polar surface area (TPSA) is 82.9 Å². The minimum Gasteiger partial charge on any atom is -0.425 e. The average molecular weight is 159 g/mol. The molecule has 0 bridgehead atoms. The second-order valence-electron chi connectivity index (χ2n) is 2.19. The maximum absolute atomic E-state index is 9.08. The fourth-order valence-electron chi connectivity index (χ4n) is 0.781. The normalized spacial score (nSPS) is 10.0. The quantitative estimate of drug-likeness (QED) is 0.275. The van der Waals surface area contributed by atoms with Gasteiger partial charge in [-0.1, -0.05) is 0 Å². The van der Waals surface area contributed by atoms with Crippen molar-refractivity contribution in [2.75, 3.05) is 0 Å². The highest BCUT2D eigenvalue weighted by Gasteiger charge is 2.09. The minimum atomic E-state index is -0.319. The predicted octanol–water partition coefficient (Wildman–Crippen LogP) is -0.329. The molecule has 0 atom stereocenters. The predicted molar refractivity (Wildman–Crippen MR) is 33.6 cm³/mol. The number of hydrogen-bond donors (Lipinski definition) is 3. The van der Waals surface area contributed by atoms with Gasteiger partial charge in [0.2, 0.25) is 0 Å². The molecular weight excluding hydrogens is 150 g/mol. The van der Waals surface area contributed by atoms with E-state index in [1.165, 1.54) is 0 Å². The van der Waals surface area contributed by atoms with Gasteiger partial charge >= 0.3 is 5.62 Å². The Morgan fingerprint density at radius 2 is 1.45 bits per heavy atom. The van der Waals surface area contributed by atoms with Gasteiger partial charge in [-0.25, -0.2) is 0 Å². The van der Waals surface area contributed by atoms with Crippen LogP contribution in [-0.2, 0) is 0 Å². The third kappa shape index (κ3) is 0.830. The monoisotopic (exact) mass is 159 g/mol. The van der Waals surface area contributed by atoms with Gasteiger partial charge in [0, 0.05) is 0 Å². The Morgan fingerprint density at radius 1 is 1.09 bits per heavy atom. The van der Waals surface area contributed by atoms with Gasteiger partial charge in [0.15, 0.2) is 0 Å². The lowest BCUT2D eigenvalue weighted by molar-refractivity contribution is 0.105. The lowest BCUT2D eigenvalue weighted by Gasteiger charge is -1.89. The molecule has 6 heteroatoms. The van der Waals surface area contributed by atoms with E-state index in [2.05, 4.69) is 5.16 Å². The zero-order valence-electron chi connectivity index (χ0n) is 6.18. The number of aromatic nitrogens is 2. The molecule has 1 rings (SSSR count). The van der Waals surface area contributed by atoms with Crippen LogP contribution in [0.4, 0.5) is 0 Å². The number of imidazole rings is 1. The molecule has 1 aromatic heterocycles. The Hall–Kier alpha value is -1.59. The van der Waals surface area contributed by atoms with Crippen LogP contribution in [0.5, 0.6) is 0 Å². The van der Waals surface area contributed by atoms with E-state index in [4.69, 9.17) is 15.6 Å².